The van der Waals surface area contributed by atoms with Gasteiger partial charge in [0.15, 0.2) is 10.7 Å². The van der Waals surface area contributed by atoms with Crippen molar-refractivity contribution in [1.82, 2.24) is 4.98 Å². The third kappa shape index (κ3) is 2.24. The van der Waals surface area contributed by atoms with E-state index in [0.717, 1.165) is 0 Å². The van der Waals surface area contributed by atoms with Gasteiger partial charge in [-0.2, -0.15) is 13.2 Å². The number of rotatable bonds is 2. The monoisotopic (exact) mass is 241 g/mol. The molecule has 0 aromatic carbocycles. The molecule has 0 saturated heterocycles. The molecule has 5 nitrogen and oxygen atoms in total. The average Bonchev–Trinajstić information content (AvgIpc) is 2.45. The highest BCUT2D eigenvalue weighted by Gasteiger charge is 2.38. The highest BCUT2D eigenvalue weighted by Crippen LogP contribution is 2.34. The van der Waals surface area contributed by atoms with Crippen LogP contribution in [0.15, 0.2) is 0 Å². The topological polar surface area (TPSA) is 87.5 Å². The third-order valence-electron chi connectivity index (χ3n) is 1.27. The predicted molar refractivity (Wildman–Crippen MR) is 41.0 cm³/mol. The van der Waals surface area contributed by atoms with Gasteiger partial charge in [-0.05, 0) is 0 Å². The Morgan fingerprint density at radius 3 is 2.00 bits per heavy atom. The molecule has 0 unspecified atom stereocenters. The number of aromatic nitrogens is 1. The Morgan fingerprint density at radius 2 is 1.73 bits per heavy atom. The molecule has 1 aromatic heterocycles. The largest absolute Gasteiger partial charge is 0.477 e. The lowest BCUT2D eigenvalue weighted by Crippen LogP contribution is -2.07. The molecule has 0 bridgehead atoms. The molecule has 0 aliphatic rings. The van der Waals surface area contributed by atoms with Gasteiger partial charge in [0, 0.05) is 0 Å². The van der Waals surface area contributed by atoms with E-state index in [1.807, 2.05) is 0 Å². The van der Waals surface area contributed by atoms with Gasteiger partial charge in [0.2, 0.25) is 0 Å². The number of carbonyl (C=O) groups is 2. The zero-order valence-electron chi connectivity index (χ0n) is 6.70. The molecule has 0 radical (unpaired) electrons. The molecule has 1 heterocycles. The zero-order valence-corrected chi connectivity index (χ0v) is 7.52. The third-order valence-corrected chi connectivity index (χ3v) is 2.35. The minimum atomic E-state index is -4.84. The quantitative estimate of drug-likeness (QED) is 0.820. The minimum absolute atomic E-state index is 0.214. The second kappa shape index (κ2) is 3.50. The van der Waals surface area contributed by atoms with Crippen molar-refractivity contribution in [3.63, 3.8) is 0 Å². The maximum atomic E-state index is 12.1. The van der Waals surface area contributed by atoms with Gasteiger partial charge in [0.05, 0.1) is 0 Å². The molecule has 0 atom stereocenters. The molecular weight excluding hydrogens is 239 g/mol. The fourth-order valence-corrected chi connectivity index (χ4v) is 1.49. The highest BCUT2D eigenvalue weighted by atomic mass is 32.1. The number of hydrogen-bond donors (Lipinski definition) is 2. The van der Waals surface area contributed by atoms with Crippen LogP contribution in [-0.4, -0.2) is 27.1 Å². The van der Waals surface area contributed by atoms with E-state index in [9.17, 15) is 22.8 Å². The van der Waals surface area contributed by atoms with E-state index in [-0.39, 0.29) is 11.3 Å². The van der Waals surface area contributed by atoms with Crippen molar-refractivity contribution in [1.29, 1.82) is 0 Å². The van der Waals surface area contributed by atoms with Crippen LogP contribution in [0.3, 0.4) is 0 Å². The van der Waals surface area contributed by atoms with Gasteiger partial charge in [-0.1, -0.05) is 0 Å². The van der Waals surface area contributed by atoms with Crippen molar-refractivity contribution < 1.29 is 33.0 Å². The summed E-state index contributed by atoms with van der Waals surface area (Å²) < 4.78 is 36.2. The normalized spacial score (nSPS) is 11.4. The number of halogens is 3. The van der Waals surface area contributed by atoms with Crippen LogP contribution in [0.1, 0.15) is 25.2 Å². The summed E-state index contributed by atoms with van der Waals surface area (Å²) in [5, 5.41) is 15.4. The second-order valence-electron chi connectivity index (χ2n) is 2.30. The Balaban J connectivity index is 3.34. The first-order chi connectivity index (χ1) is 6.73. The van der Waals surface area contributed by atoms with Gasteiger partial charge in [0.1, 0.15) is 4.88 Å². The molecule has 2 N–H and O–H groups in total. The van der Waals surface area contributed by atoms with Crippen LogP contribution in [0.4, 0.5) is 13.2 Å². The van der Waals surface area contributed by atoms with Crippen LogP contribution >= 0.6 is 11.3 Å². The Kier molecular flexibility index (Phi) is 2.67. The first-order valence-corrected chi connectivity index (χ1v) is 4.09. The van der Waals surface area contributed by atoms with E-state index in [2.05, 4.69) is 4.98 Å². The van der Waals surface area contributed by atoms with Crippen molar-refractivity contribution in [2.75, 3.05) is 0 Å². The number of thiazole rings is 1. The summed E-state index contributed by atoms with van der Waals surface area (Å²) >= 11 is -0.214. The fourth-order valence-electron chi connectivity index (χ4n) is 0.731. The summed E-state index contributed by atoms with van der Waals surface area (Å²) in [7, 11) is 0. The Bertz CT molecular complexity index is 393. The fraction of sp³-hybridized carbons (Fsp3) is 0.167. The maximum Gasteiger partial charge on any atom is 0.443 e. The molecule has 82 valence electrons. The number of aromatic carboxylic acids is 2. The molecule has 0 spiro atoms. The molecule has 0 saturated carbocycles. The van der Waals surface area contributed by atoms with Crippen molar-refractivity contribution in [2.24, 2.45) is 0 Å². The molecule has 1 rings (SSSR count). The lowest BCUT2D eigenvalue weighted by molar-refractivity contribution is -0.137. The van der Waals surface area contributed by atoms with Gasteiger partial charge in [-0.25, -0.2) is 14.6 Å². The molecule has 0 fully saturated rings. The van der Waals surface area contributed by atoms with Gasteiger partial charge in [0.25, 0.3) is 0 Å². The van der Waals surface area contributed by atoms with Crippen LogP contribution in [0, 0.1) is 0 Å². The summed E-state index contributed by atoms with van der Waals surface area (Å²) in [5.41, 5.74) is -1.10. The van der Waals surface area contributed by atoms with E-state index in [0.29, 0.717) is 0 Å². The Morgan fingerprint density at radius 1 is 1.20 bits per heavy atom. The predicted octanol–water partition coefficient (Wildman–Crippen LogP) is 1.56. The van der Waals surface area contributed by atoms with Crippen molar-refractivity contribution in [3.8, 4) is 0 Å². The number of alkyl halides is 3. The van der Waals surface area contributed by atoms with Gasteiger partial charge < -0.3 is 10.2 Å². The van der Waals surface area contributed by atoms with Crippen LogP contribution in [-0.2, 0) is 6.18 Å². The smallest absolute Gasteiger partial charge is 0.443 e. The summed E-state index contributed by atoms with van der Waals surface area (Å²) in [5.74, 6) is -3.56. The summed E-state index contributed by atoms with van der Waals surface area (Å²) in [6.07, 6.45) is -4.84. The molecule has 15 heavy (non-hydrogen) atoms. The molecule has 9 heteroatoms. The number of carboxylic acids is 2. The second-order valence-corrected chi connectivity index (χ2v) is 3.30. The van der Waals surface area contributed by atoms with Crippen LogP contribution in [0.2, 0.25) is 0 Å². The van der Waals surface area contributed by atoms with Crippen molar-refractivity contribution in [3.05, 3.63) is 15.6 Å². The summed E-state index contributed by atoms with van der Waals surface area (Å²) in [4.78, 5) is 22.6. The number of carboxylic acid groups (broad SMARTS) is 2. The van der Waals surface area contributed by atoms with Crippen molar-refractivity contribution in [2.45, 2.75) is 6.18 Å². The van der Waals surface area contributed by atoms with Gasteiger partial charge in [-0.15, -0.1) is 11.3 Å². The average molecular weight is 241 g/mol. The molecular formula is C6H2F3NO4S. The van der Waals surface area contributed by atoms with E-state index in [4.69, 9.17) is 10.2 Å². The number of hydrogen-bond acceptors (Lipinski definition) is 4. The lowest BCUT2D eigenvalue weighted by atomic mass is 10.4. The van der Waals surface area contributed by atoms with E-state index >= 15 is 0 Å². The summed E-state index contributed by atoms with van der Waals surface area (Å²) in [6.45, 7) is 0. The molecule has 0 aliphatic carbocycles. The first kappa shape index (κ1) is 11.4. The summed E-state index contributed by atoms with van der Waals surface area (Å²) in [6, 6.07) is 0. The Labute approximate surface area is 83.8 Å². The molecule has 1 aromatic rings. The van der Waals surface area contributed by atoms with Crippen molar-refractivity contribution >= 4 is 23.3 Å². The van der Waals surface area contributed by atoms with Gasteiger partial charge in [-0.3, -0.25) is 0 Å². The van der Waals surface area contributed by atoms with E-state index in [1.165, 1.54) is 0 Å². The number of nitrogens with zero attached hydrogens (tertiary/aromatic N) is 1. The van der Waals surface area contributed by atoms with Crippen LogP contribution in [0.25, 0.3) is 0 Å². The molecule has 0 aliphatic heterocycles. The Hall–Kier alpha value is -1.64. The standard InChI is InChI=1S/C6H2F3NO4S/c7-6(8,9)5-10-1(3(11)12)2(15-5)4(13)14/h(H,11,12)(H,13,14). The van der Waals surface area contributed by atoms with Crippen LogP contribution < -0.4 is 0 Å². The zero-order chi connectivity index (χ0) is 11.8. The molecule has 0 amide bonds. The van der Waals surface area contributed by atoms with E-state index < -0.39 is 33.7 Å². The highest BCUT2D eigenvalue weighted by molar-refractivity contribution is 7.14. The minimum Gasteiger partial charge on any atom is -0.477 e. The lowest BCUT2D eigenvalue weighted by Gasteiger charge is -1.98. The SMILES string of the molecule is O=C(O)c1nc(C(F)(F)F)sc1C(=O)O. The maximum absolute atomic E-state index is 12.1. The van der Waals surface area contributed by atoms with Gasteiger partial charge >= 0.3 is 18.1 Å². The van der Waals surface area contributed by atoms with Crippen LogP contribution in [0.5, 0.6) is 0 Å². The van der Waals surface area contributed by atoms with E-state index in [1.54, 1.807) is 0 Å². The first-order valence-electron chi connectivity index (χ1n) is 3.28.